The molecule has 0 amide bonds. The summed E-state index contributed by atoms with van der Waals surface area (Å²) in [5, 5.41) is 44.1. The smallest absolute Gasteiger partial charge is 0.423 e. The molecule has 16 aromatic carbocycles. The van der Waals surface area contributed by atoms with Gasteiger partial charge in [-0.1, -0.05) is 283 Å². The lowest BCUT2D eigenvalue weighted by atomic mass is 9.80. The molecule has 0 saturated heterocycles. The number of halogens is 1. The monoisotopic (exact) mass is 1080 g/mol. The third kappa shape index (κ3) is 8.81. The lowest BCUT2D eigenvalue weighted by Gasteiger charge is -2.16. The Kier molecular flexibility index (Phi) is 12.7. The highest BCUT2D eigenvalue weighted by molar-refractivity contribution is 9.10. The van der Waals surface area contributed by atoms with E-state index < -0.39 is 7.12 Å². The third-order valence-corrected chi connectivity index (χ3v) is 16.7. The number of benzene rings is 16. The summed E-state index contributed by atoms with van der Waals surface area (Å²) in [5.74, 6) is 0. The maximum atomic E-state index is 9.08. The van der Waals surface area contributed by atoms with Crippen LogP contribution in [0.5, 0.6) is 0 Å². The molecule has 0 aliphatic rings. The highest BCUT2D eigenvalue weighted by Crippen LogP contribution is 2.44. The molecule has 0 spiro atoms. The molecule has 376 valence electrons. The maximum absolute atomic E-state index is 9.08. The maximum Gasteiger partial charge on any atom is 0.488 e. The second kappa shape index (κ2) is 20.8. The Morgan fingerprint density at radius 1 is 0.225 bits per heavy atom. The first-order valence-corrected chi connectivity index (χ1v) is 27.9. The Morgan fingerprint density at radius 3 is 0.975 bits per heavy atom. The van der Waals surface area contributed by atoms with Gasteiger partial charge in [0.15, 0.2) is 0 Å². The summed E-state index contributed by atoms with van der Waals surface area (Å²) >= 11 is 3.77. The predicted molar refractivity (Wildman–Crippen MR) is 348 cm³/mol. The SMILES string of the molecule is Brc1cc2c3ccccc3c3ccccc3c2c2ccccc12.OB(O)c1ccc(-c2ccc3ccccc3c2)cc1.c1ccc2cc(-c3ccc(-c4cc5c6ccccc6c6ccccc6c5c5ccccc45)cc3)ccc2c1. The molecule has 2 N–H and O–H groups in total. The van der Waals surface area contributed by atoms with E-state index in [0.717, 1.165) is 15.6 Å². The Hall–Kier alpha value is -9.42. The Labute approximate surface area is 472 Å². The quantitative estimate of drug-likeness (QED) is 0.136. The minimum atomic E-state index is -1.41. The van der Waals surface area contributed by atoms with E-state index in [1.807, 2.05) is 24.3 Å². The summed E-state index contributed by atoms with van der Waals surface area (Å²) in [6, 6.07) is 103. The second-order valence-electron chi connectivity index (χ2n) is 20.6. The zero-order valence-electron chi connectivity index (χ0n) is 43.6. The molecule has 16 rings (SSSR count). The molecular formula is C76H50BBrO2. The number of fused-ring (bicyclic) bond motifs is 18. The summed E-state index contributed by atoms with van der Waals surface area (Å²) < 4.78 is 1.15. The van der Waals surface area contributed by atoms with Crippen molar-refractivity contribution in [2.24, 2.45) is 0 Å². The molecule has 0 aromatic heterocycles. The van der Waals surface area contributed by atoms with E-state index in [2.05, 4.69) is 271 Å². The average Bonchev–Trinajstić information content (AvgIpc) is 3.70. The van der Waals surface area contributed by atoms with Crippen molar-refractivity contribution in [2.75, 3.05) is 0 Å². The van der Waals surface area contributed by atoms with E-state index in [1.165, 1.54) is 130 Å². The van der Waals surface area contributed by atoms with Crippen LogP contribution in [0.4, 0.5) is 0 Å². The van der Waals surface area contributed by atoms with Crippen LogP contribution < -0.4 is 5.46 Å². The third-order valence-electron chi connectivity index (χ3n) is 16.0. The molecule has 4 heteroatoms. The minimum absolute atomic E-state index is 0.504. The van der Waals surface area contributed by atoms with Crippen LogP contribution in [-0.4, -0.2) is 17.2 Å². The van der Waals surface area contributed by atoms with Gasteiger partial charge in [0.1, 0.15) is 0 Å². The normalized spacial score (nSPS) is 11.4. The van der Waals surface area contributed by atoms with Crippen LogP contribution in [0, 0.1) is 0 Å². The van der Waals surface area contributed by atoms with Gasteiger partial charge in [-0.25, -0.2) is 0 Å². The second-order valence-corrected chi connectivity index (χ2v) is 21.5. The lowest BCUT2D eigenvalue weighted by Crippen LogP contribution is -2.29. The molecule has 0 radical (unpaired) electrons. The largest absolute Gasteiger partial charge is 0.488 e. The van der Waals surface area contributed by atoms with Crippen LogP contribution in [0.15, 0.2) is 296 Å². The summed E-state index contributed by atoms with van der Waals surface area (Å²) in [4.78, 5) is 0. The van der Waals surface area contributed by atoms with E-state index in [9.17, 15) is 0 Å². The standard InChI is InChI=1S/C38H24.C22H13Br.C16H13BO2/c1-2-10-28-23-29(22-19-25(28)9-1)26-17-20-27(21-18-26)36-24-37-32-13-4-3-11-30(32)31-12-5-7-15-34(31)38(37)35-16-8-6-14-33(35)36;23-21-13-20-16-9-2-1-7-14(16)15-8-3-5-11-18(15)22(20)19-12-6-4-10-17(19)21;18-17(19)16-9-7-13(8-10-16)15-6-5-12-3-1-2-4-14(12)11-15/h1-24H;1-13H;1-11,18-19H. The van der Waals surface area contributed by atoms with Crippen molar-refractivity contribution >= 4 is 136 Å². The molecule has 16 aromatic rings. The first-order chi connectivity index (χ1) is 39.4. The summed E-state index contributed by atoms with van der Waals surface area (Å²) in [6.07, 6.45) is 0. The Bertz CT molecular complexity index is 5050. The van der Waals surface area contributed by atoms with Crippen LogP contribution in [0.25, 0.3) is 141 Å². The van der Waals surface area contributed by atoms with Crippen LogP contribution in [0.2, 0.25) is 0 Å². The number of hydrogen-bond donors (Lipinski definition) is 2. The first kappa shape index (κ1) is 48.9. The molecule has 0 saturated carbocycles. The molecular weight excluding hydrogens is 1040 g/mol. The predicted octanol–water partition coefficient (Wildman–Crippen LogP) is 20.0. The Morgan fingerprint density at radius 2 is 0.525 bits per heavy atom. The van der Waals surface area contributed by atoms with Gasteiger partial charge in [0, 0.05) is 4.47 Å². The fourth-order valence-electron chi connectivity index (χ4n) is 12.2. The van der Waals surface area contributed by atoms with Crippen LogP contribution in [0.1, 0.15) is 0 Å². The molecule has 2 nitrogen and oxygen atoms in total. The van der Waals surface area contributed by atoms with Gasteiger partial charge in [0.2, 0.25) is 0 Å². The van der Waals surface area contributed by atoms with Gasteiger partial charge < -0.3 is 10.0 Å². The zero-order valence-corrected chi connectivity index (χ0v) is 45.1. The highest BCUT2D eigenvalue weighted by atomic mass is 79.9. The van der Waals surface area contributed by atoms with Crippen molar-refractivity contribution in [3.8, 4) is 33.4 Å². The van der Waals surface area contributed by atoms with Crippen molar-refractivity contribution in [3.05, 3.63) is 296 Å². The lowest BCUT2D eigenvalue weighted by molar-refractivity contribution is 0.426. The topological polar surface area (TPSA) is 40.5 Å². The Balaban J connectivity index is 0.000000117. The number of hydrogen-bond acceptors (Lipinski definition) is 2. The van der Waals surface area contributed by atoms with E-state index in [-0.39, 0.29) is 0 Å². The molecule has 80 heavy (non-hydrogen) atoms. The first-order valence-electron chi connectivity index (χ1n) is 27.1. The molecule has 0 fully saturated rings. The zero-order chi connectivity index (χ0) is 53.7. The molecule has 0 aliphatic heterocycles. The van der Waals surface area contributed by atoms with Crippen LogP contribution >= 0.6 is 15.9 Å². The molecule has 0 atom stereocenters. The van der Waals surface area contributed by atoms with Gasteiger partial charge in [-0.3, -0.25) is 0 Å². The number of rotatable bonds is 4. The summed E-state index contributed by atoms with van der Waals surface area (Å²) in [6.45, 7) is 0. The van der Waals surface area contributed by atoms with Crippen LogP contribution in [-0.2, 0) is 0 Å². The summed E-state index contributed by atoms with van der Waals surface area (Å²) in [7, 11) is -1.41. The van der Waals surface area contributed by atoms with E-state index in [4.69, 9.17) is 10.0 Å². The fourth-order valence-corrected chi connectivity index (χ4v) is 12.7. The van der Waals surface area contributed by atoms with Gasteiger partial charge in [0.25, 0.3) is 0 Å². The van der Waals surface area contributed by atoms with Gasteiger partial charge in [0.05, 0.1) is 0 Å². The van der Waals surface area contributed by atoms with E-state index in [1.54, 1.807) is 12.1 Å². The van der Waals surface area contributed by atoms with E-state index in [0.29, 0.717) is 5.46 Å². The van der Waals surface area contributed by atoms with Crippen molar-refractivity contribution in [1.29, 1.82) is 0 Å². The fraction of sp³-hybridized carbons (Fsp3) is 0. The molecule has 0 aliphatic carbocycles. The average molecular weight is 1090 g/mol. The minimum Gasteiger partial charge on any atom is -0.423 e. The van der Waals surface area contributed by atoms with E-state index >= 15 is 0 Å². The van der Waals surface area contributed by atoms with Crippen molar-refractivity contribution in [1.82, 2.24) is 0 Å². The molecule has 0 bridgehead atoms. The summed E-state index contributed by atoms with van der Waals surface area (Å²) in [5.41, 5.74) is 7.69. The highest BCUT2D eigenvalue weighted by Gasteiger charge is 2.17. The van der Waals surface area contributed by atoms with Crippen molar-refractivity contribution in [3.63, 3.8) is 0 Å². The molecule has 0 unspecified atom stereocenters. The van der Waals surface area contributed by atoms with Gasteiger partial charge >= 0.3 is 7.12 Å². The van der Waals surface area contributed by atoms with Crippen molar-refractivity contribution in [2.45, 2.75) is 0 Å². The van der Waals surface area contributed by atoms with Crippen molar-refractivity contribution < 1.29 is 10.0 Å². The van der Waals surface area contributed by atoms with Gasteiger partial charge in [-0.2, -0.15) is 0 Å². The van der Waals surface area contributed by atoms with Crippen LogP contribution in [0.3, 0.4) is 0 Å². The van der Waals surface area contributed by atoms with Gasteiger partial charge in [-0.05, 0) is 171 Å². The van der Waals surface area contributed by atoms with Gasteiger partial charge in [-0.15, -0.1) is 0 Å². The molecule has 0 heterocycles.